The number of hydrogen-bond acceptors (Lipinski definition) is 4. The van der Waals surface area contributed by atoms with Crippen molar-refractivity contribution in [3.63, 3.8) is 0 Å². The first-order valence-corrected chi connectivity index (χ1v) is 10.3. The molecule has 2 N–H and O–H groups in total. The van der Waals surface area contributed by atoms with Crippen LogP contribution in [0.15, 0.2) is 29.3 Å². The highest BCUT2D eigenvalue weighted by molar-refractivity contribution is 14.0. The highest BCUT2D eigenvalue weighted by Gasteiger charge is 2.32. The Bertz CT molecular complexity index is 655. The molecule has 2 heterocycles. The Morgan fingerprint density at radius 3 is 2.86 bits per heavy atom. The molecule has 6 nitrogen and oxygen atoms in total. The molecule has 0 bridgehead atoms. The minimum atomic E-state index is -0.235. The Hall–Kier alpha value is -1.13. The highest BCUT2D eigenvalue weighted by Crippen LogP contribution is 2.25. The van der Waals surface area contributed by atoms with Crippen molar-refractivity contribution in [3.05, 3.63) is 30.1 Å². The SMILES string of the molecule is CCNC(=NCC1(OC)CCOCC1)NC1CCCN(c2cccc(F)c2)C1.I. The van der Waals surface area contributed by atoms with Crippen LogP contribution in [0.4, 0.5) is 10.1 Å². The van der Waals surface area contributed by atoms with Crippen molar-refractivity contribution in [2.45, 2.75) is 44.2 Å². The van der Waals surface area contributed by atoms with E-state index in [4.69, 9.17) is 14.5 Å². The van der Waals surface area contributed by atoms with Gasteiger partial charge in [-0.3, -0.25) is 4.99 Å². The normalized spacial score (nSPS) is 22.0. The lowest BCUT2D eigenvalue weighted by Crippen LogP contribution is -2.52. The van der Waals surface area contributed by atoms with Crippen LogP contribution < -0.4 is 15.5 Å². The van der Waals surface area contributed by atoms with E-state index in [1.807, 2.05) is 6.07 Å². The lowest BCUT2D eigenvalue weighted by Gasteiger charge is -2.36. The van der Waals surface area contributed by atoms with Crippen molar-refractivity contribution in [2.24, 2.45) is 4.99 Å². The fourth-order valence-corrected chi connectivity index (χ4v) is 3.91. The van der Waals surface area contributed by atoms with Crippen LogP contribution >= 0.6 is 24.0 Å². The maximum atomic E-state index is 13.6. The van der Waals surface area contributed by atoms with Gasteiger partial charge in [0.05, 0.1) is 12.1 Å². The highest BCUT2D eigenvalue weighted by atomic mass is 127. The van der Waals surface area contributed by atoms with E-state index in [-0.39, 0.29) is 41.4 Å². The Morgan fingerprint density at radius 2 is 2.17 bits per heavy atom. The van der Waals surface area contributed by atoms with Crippen molar-refractivity contribution < 1.29 is 13.9 Å². The van der Waals surface area contributed by atoms with E-state index in [1.165, 1.54) is 6.07 Å². The number of hydrogen-bond donors (Lipinski definition) is 2. The van der Waals surface area contributed by atoms with Gasteiger partial charge in [0.1, 0.15) is 5.82 Å². The second kappa shape index (κ2) is 11.9. The number of piperidine rings is 1. The smallest absolute Gasteiger partial charge is 0.191 e. The minimum absolute atomic E-state index is 0. The van der Waals surface area contributed by atoms with E-state index in [1.54, 1.807) is 19.2 Å². The number of anilines is 1. The van der Waals surface area contributed by atoms with Gasteiger partial charge >= 0.3 is 0 Å². The van der Waals surface area contributed by atoms with Gasteiger partial charge in [0.15, 0.2) is 5.96 Å². The maximum absolute atomic E-state index is 13.6. The second-order valence-corrected chi connectivity index (χ2v) is 7.60. The van der Waals surface area contributed by atoms with Crippen LogP contribution in [0, 0.1) is 5.82 Å². The molecule has 2 aliphatic rings. The summed E-state index contributed by atoms with van der Waals surface area (Å²) in [7, 11) is 1.76. The average molecular weight is 520 g/mol. The molecule has 1 aromatic carbocycles. The summed E-state index contributed by atoms with van der Waals surface area (Å²) in [5, 5.41) is 6.92. The summed E-state index contributed by atoms with van der Waals surface area (Å²) in [4.78, 5) is 7.06. The number of ether oxygens (including phenoxy) is 2. The maximum Gasteiger partial charge on any atom is 0.191 e. The summed E-state index contributed by atoms with van der Waals surface area (Å²) in [6, 6.07) is 7.10. The summed E-state index contributed by atoms with van der Waals surface area (Å²) in [6.07, 6.45) is 3.86. The molecule has 164 valence electrons. The number of nitrogens with one attached hydrogen (secondary N) is 2. The summed E-state index contributed by atoms with van der Waals surface area (Å²) in [6.45, 7) is 6.70. The fraction of sp³-hybridized carbons (Fsp3) is 0.667. The zero-order valence-corrected chi connectivity index (χ0v) is 19.8. The predicted octanol–water partition coefficient (Wildman–Crippen LogP) is 3.16. The Kier molecular flexibility index (Phi) is 9.91. The van der Waals surface area contributed by atoms with Crippen molar-refractivity contribution in [3.8, 4) is 0 Å². The van der Waals surface area contributed by atoms with Crippen molar-refractivity contribution in [1.29, 1.82) is 0 Å². The van der Waals surface area contributed by atoms with Gasteiger partial charge in [-0.15, -0.1) is 24.0 Å². The molecule has 0 aromatic heterocycles. The third-order valence-electron chi connectivity index (χ3n) is 5.64. The van der Waals surface area contributed by atoms with Crippen LogP contribution in [-0.4, -0.2) is 64.1 Å². The summed E-state index contributed by atoms with van der Waals surface area (Å²) >= 11 is 0. The number of halogens is 2. The third-order valence-corrected chi connectivity index (χ3v) is 5.64. The first-order chi connectivity index (χ1) is 13.6. The van der Waals surface area contributed by atoms with Crippen molar-refractivity contribution in [2.75, 3.05) is 51.4 Å². The number of aliphatic imine (C=N–C) groups is 1. The lowest BCUT2D eigenvalue weighted by atomic mass is 9.94. The quantitative estimate of drug-likeness (QED) is 0.343. The summed E-state index contributed by atoms with van der Waals surface area (Å²) in [5.41, 5.74) is 0.704. The van der Waals surface area contributed by atoms with Crippen LogP contribution in [-0.2, 0) is 9.47 Å². The van der Waals surface area contributed by atoms with Gasteiger partial charge in [0, 0.05) is 64.5 Å². The van der Waals surface area contributed by atoms with Crippen molar-refractivity contribution >= 4 is 35.6 Å². The fourth-order valence-electron chi connectivity index (χ4n) is 3.91. The number of guanidine groups is 1. The Morgan fingerprint density at radius 1 is 1.38 bits per heavy atom. The standard InChI is InChI=1S/C21H33FN4O2.HI/c1-3-23-20(24-16-21(27-2)9-12-28-13-10-21)25-18-7-5-11-26(15-18)19-8-4-6-17(22)14-19;/h4,6,8,14,18H,3,5,7,9-13,15-16H2,1-2H3,(H2,23,24,25);1H. The largest absolute Gasteiger partial charge is 0.381 e. The number of benzene rings is 1. The number of rotatable bonds is 6. The molecule has 1 unspecified atom stereocenters. The molecule has 29 heavy (non-hydrogen) atoms. The van der Waals surface area contributed by atoms with Gasteiger partial charge in [-0.25, -0.2) is 4.39 Å². The van der Waals surface area contributed by atoms with Crippen LogP contribution in [0.2, 0.25) is 0 Å². The van der Waals surface area contributed by atoms with Crippen LogP contribution in [0.1, 0.15) is 32.6 Å². The first-order valence-electron chi connectivity index (χ1n) is 10.3. The van der Waals surface area contributed by atoms with Gasteiger partial charge in [0.25, 0.3) is 0 Å². The average Bonchev–Trinajstić information content (AvgIpc) is 2.73. The first kappa shape index (κ1) is 24.1. The molecule has 0 radical (unpaired) electrons. The molecule has 0 spiro atoms. The molecule has 3 rings (SSSR count). The Labute approximate surface area is 190 Å². The molecule has 2 saturated heterocycles. The van der Waals surface area contributed by atoms with E-state index in [0.29, 0.717) is 6.54 Å². The molecule has 8 heteroatoms. The van der Waals surface area contributed by atoms with Gasteiger partial charge < -0.3 is 25.0 Å². The lowest BCUT2D eigenvalue weighted by molar-refractivity contribution is -0.0828. The monoisotopic (exact) mass is 520 g/mol. The molecule has 2 aliphatic heterocycles. The molecular formula is C21H34FIN4O2. The van der Waals surface area contributed by atoms with Gasteiger partial charge in [-0.05, 0) is 38.0 Å². The third kappa shape index (κ3) is 6.96. The van der Waals surface area contributed by atoms with Crippen LogP contribution in [0.25, 0.3) is 0 Å². The zero-order valence-electron chi connectivity index (χ0n) is 17.5. The molecular weight excluding hydrogens is 486 g/mol. The number of nitrogens with zero attached hydrogens (tertiary/aromatic N) is 2. The van der Waals surface area contributed by atoms with Crippen LogP contribution in [0.5, 0.6) is 0 Å². The summed E-state index contributed by atoms with van der Waals surface area (Å²) < 4.78 is 24.9. The van der Waals surface area contributed by atoms with E-state index in [2.05, 4.69) is 22.5 Å². The van der Waals surface area contributed by atoms with Gasteiger partial charge in [0.2, 0.25) is 0 Å². The topological polar surface area (TPSA) is 58.1 Å². The molecule has 0 saturated carbocycles. The van der Waals surface area contributed by atoms with Crippen molar-refractivity contribution in [1.82, 2.24) is 10.6 Å². The van der Waals surface area contributed by atoms with E-state index < -0.39 is 0 Å². The van der Waals surface area contributed by atoms with E-state index >= 15 is 0 Å². The molecule has 2 fully saturated rings. The summed E-state index contributed by atoms with van der Waals surface area (Å²) in [5.74, 6) is 0.625. The van der Waals surface area contributed by atoms with Gasteiger partial charge in [-0.2, -0.15) is 0 Å². The van der Waals surface area contributed by atoms with E-state index in [9.17, 15) is 4.39 Å². The predicted molar refractivity (Wildman–Crippen MR) is 126 cm³/mol. The number of methoxy groups -OCH3 is 1. The molecule has 1 aromatic rings. The molecule has 0 aliphatic carbocycles. The Balaban J connectivity index is 0.00000300. The minimum Gasteiger partial charge on any atom is -0.381 e. The van der Waals surface area contributed by atoms with Crippen LogP contribution in [0.3, 0.4) is 0 Å². The molecule has 0 amide bonds. The van der Waals surface area contributed by atoms with Gasteiger partial charge in [-0.1, -0.05) is 6.07 Å². The van der Waals surface area contributed by atoms with E-state index in [0.717, 1.165) is 70.2 Å². The zero-order chi connectivity index (χ0) is 19.8. The second-order valence-electron chi connectivity index (χ2n) is 7.60. The molecule has 1 atom stereocenters.